The van der Waals surface area contributed by atoms with Crippen LogP contribution in [0.5, 0.6) is 0 Å². The Morgan fingerprint density at radius 1 is 1.56 bits per heavy atom. The molecular formula is C12H16N4O2. The van der Waals surface area contributed by atoms with Crippen LogP contribution in [0.4, 0.5) is 5.95 Å². The van der Waals surface area contributed by atoms with Gasteiger partial charge in [-0.25, -0.2) is 9.97 Å². The quantitative estimate of drug-likeness (QED) is 0.748. The second-order valence-electron chi connectivity index (χ2n) is 3.96. The summed E-state index contributed by atoms with van der Waals surface area (Å²) >= 11 is 0. The van der Waals surface area contributed by atoms with Crippen molar-refractivity contribution in [2.45, 2.75) is 13.0 Å². The van der Waals surface area contributed by atoms with E-state index in [1.54, 1.807) is 4.90 Å². The topological polar surface area (TPSA) is 78.4 Å². The summed E-state index contributed by atoms with van der Waals surface area (Å²) in [5.41, 5.74) is 0.429. The summed E-state index contributed by atoms with van der Waals surface area (Å²) in [6.07, 6.45) is 6.69. The fraction of sp³-hybridized carbons (Fsp3) is 0.417. The molecule has 96 valence electrons. The Morgan fingerprint density at radius 2 is 2.28 bits per heavy atom. The Kier molecular flexibility index (Phi) is 3.88. The van der Waals surface area contributed by atoms with E-state index < -0.39 is 0 Å². The van der Waals surface area contributed by atoms with Crippen LogP contribution in [0.1, 0.15) is 17.3 Å². The molecule has 1 aliphatic rings. The number of nitrogens with zero attached hydrogens (tertiary/aromatic N) is 3. The van der Waals surface area contributed by atoms with Gasteiger partial charge in [0.05, 0.1) is 18.2 Å². The first kappa shape index (κ1) is 12.5. The van der Waals surface area contributed by atoms with Gasteiger partial charge in [-0.2, -0.15) is 0 Å². The lowest BCUT2D eigenvalue weighted by atomic mass is 10.2. The minimum atomic E-state index is -0.244. The van der Waals surface area contributed by atoms with Gasteiger partial charge in [-0.1, -0.05) is 12.2 Å². The van der Waals surface area contributed by atoms with Crippen molar-refractivity contribution in [1.29, 1.82) is 0 Å². The number of hydrogen-bond acceptors (Lipinski definition) is 5. The zero-order valence-electron chi connectivity index (χ0n) is 10.2. The van der Waals surface area contributed by atoms with Crippen LogP contribution in [-0.4, -0.2) is 51.6 Å². The van der Waals surface area contributed by atoms with E-state index in [0.29, 0.717) is 18.1 Å². The van der Waals surface area contributed by atoms with Crippen molar-refractivity contribution in [2.75, 3.05) is 25.0 Å². The lowest BCUT2D eigenvalue weighted by Crippen LogP contribution is -2.38. The van der Waals surface area contributed by atoms with Crippen molar-refractivity contribution >= 4 is 11.9 Å². The Bertz CT molecular complexity index is 444. The highest BCUT2D eigenvalue weighted by molar-refractivity contribution is 5.94. The number of rotatable bonds is 4. The molecule has 0 fully saturated rings. The lowest BCUT2D eigenvalue weighted by molar-refractivity contribution is 0.0699. The number of carbonyl (C=O) groups excluding carboxylic acids is 1. The molecule has 1 amide bonds. The largest absolute Gasteiger partial charge is 0.394 e. The van der Waals surface area contributed by atoms with Crippen molar-refractivity contribution in [3.8, 4) is 0 Å². The van der Waals surface area contributed by atoms with Crippen molar-refractivity contribution in [2.24, 2.45) is 0 Å². The molecule has 0 saturated carbocycles. The lowest BCUT2D eigenvalue weighted by Gasteiger charge is -2.22. The number of nitrogens with one attached hydrogen (secondary N) is 1. The molecule has 0 radical (unpaired) electrons. The molecule has 2 rings (SSSR count). The Hall–Kier alpha value is -1.95. The highest BCUT2D eigenvalue weighted by Gasteiger charge is 2.25. The van der Waals surface area contributed by atoms with Gasteiger partial charge in [0.25, 0.3) is 5.91 Å². The third-order valence-corrected chi connectivity index (χ3v) is 2.74. The molecule has 6 heteroatoms. The second kappa shape index (κ2) is 5.59. The standard InChI is InChI=1S/C12H16N4O2/c1-2-13-12-14-6-9(7-15-12)11(18)16-5-3-4-10(16)8-17/h3-4,6-7,10,17H,2,5,8H2,1H3,(H,13,14,15)/t10-/m0/s1. The van der Waals surface area contributed by atoms with Crippen LogP contribution in [0.3, 0.4) is 0 Å². The minimum Gasteiger partial charge on any atom is -0.394 e. The molecule has 6 nitrogen and oxygen atoms in total. The molecule has 0 unspecified atom stereocenters. The van der Waals surface area contributed by atoms with E-state index in [2.05, 4.69) is 15.3 Å². The summed E-state index contributed by atoms with van der Waals surface area (Å²) in [7, 11) is 0. The van der Waals surface area contributed by atoms with Gasteiger partial charge in [0.1, 0.15) is 0 Å². The van der Waals surface area contributed by atoms with Crippen molar-refractivity contribution in [3.63, 3.8) is 0 Å². The molecule has 1 aliphatic heterocycles. The Morgan fingerprint density at radius 3 is 2.89 bits per heavy atom. The molecule has 0 aromatic carbocycles. The number of carbonyl (C=O) groups is 1. The summed E-state index contributed by atoms with van der Waals surface area (Å²) < 4.78 is 0. The third-order valence-electron chi connectivity index (χ3n) is 2.74. The van der Waals surface area contributed by atoms with Gasteiger partial charge < -0.3 is 15.3 Å². The molecule has 0 saturated heterocycles. The summed E-state index contributed by atoms with van der Waals surface area (Å²) in [6, 6.07) is -0.244. The van der Waals surface area contributed by atoms with E-state index in [-0.39, 0.29) is 18.6 Å². The predicted octanol–water partition coefficient (Wildman–Crippen LogP) is 0.281. The summed E-state index contributed by atoms with van der Waals surface area (Å²) in [4.78, 5) is 21.9. The van der Waals surface area contributed by atoms with E-state index >= 15 is 0 Å². The van der Waals surface area contributed by atoms with Crippen LogP contribution < -0.4 is 5.32 Å². The van der Waals surface area contributed by atoms with Crippen LogP contribution >= 0.6 is 0 Å². The molecular weight excluding hydrogens is 232 g/mol. The van der Waals surface area contributed by atoms with Crippen molar-refractivity contribution in [1.82, 2.24) is 14.9 Å². The smallest absolute Gasteiger partial charge is 0.257 e. The number of hydrogen-bond donors (Lipinski definition) is 2. The van der Waals surface area contributed by atoms with Crippen molar-refractivity contribution in [3.05, 3.63) is 30.1 Å². The van der Waals surface area contributed by atoms with Crippen LogP contribution in [0.15, 0.2) is 24.5 Å². The molecule has 18 heavy (non-hydrogen) atoms. The number of amides is 1. The zero-order chi connectivity index (χ0) is 13.0. The van der Waals surface area contributed by atoms with Gasteiger partial charge in [0, 0.05) is 25.5 Å². The third kappa shape index (κ3) is 2.48. The molecule has 2 N–H and O–H groups in total. The molecule has 2 heterocycles. The zero-order valence-corrected chi connectivity index (χ0v) is 10.2. The maximum Gasteiger partial charge on any atom is 0.257 e. The van der Waals surface area contributed by atoms with Crippen LogP contribution in [-0.2, 0) is 0 Å². The van der Waals surface area contributed by atoms with Crippen molar-refractivity contribution < 1.29 is 9.90 Å². The first-order valence-electron chi connectivity index (χ1n) is 5.90. The summed E-state index contributed by atoms with van der Waals surface area (Å²) in [6.45, 7) is 3.12. The van der Waals surface area contributed by atoms with Crippen LogP contribution in [0.25, 0.3) is 0 Å². The number of aliphatic hydroxyl groups is 1. The number of anilines is 1. The molecule has 0 bridgehead atoms. The van der Waals surface area contributed by atoms with E-state index in [4.69, 9.17) is 5.11 Å². The van der Waals surface area contributed by atoms with Gasteiger partial charge in [-0.15, -0.1) is 0 Å². The average molecular weight is 248 g/mol. The fourth-order valence-corrected chi connectivity index (χ4v) is 1.82. The van der Waals surface area contributed by atoms with Gasteiger partial charge in [0.2, 0.25) is 5.95 Å². The minimum absolute atomic E-state index is 0.0709. The average Bonchev–Trinajstić information content (AvgIpc) is 2.87. The molecule has 1 atom stereocenters. The van der Waals surface area contributed by atoms with Gasteiger partial charge in [0.15, 0.2) is 0 Å². The van der Waals surface area contributed by atoms with Crippen LogP contribution in [0.2, 0.25) is 0 Å². The monoisotopic (exact) mass is 248 g/mol. The highest BCUT2D eigenvalue weighted by atomic mass is 16.3. The summed E-state index contributed by atoms with van der Waals surface area (Å²) in [5.74, 6) is 0.342. The van der Waals surface area contributed by atoms with E-state index in [0.717, 1.165) is 6.54 Å². The SMILES string of the molecule is CCNc1ncc(C(=O)N2CC=C[C@H]2CO)cn1. The molecule has 1 aromatic heterocycles. The first-order chi connectivity index (χ1) is 8.76. The fourth-order valence-electron chi connectivity index (χ4n) is 1.82. The van der Waals surface area contributed by atoms with E-state index in [1.165, 1.54) is 12.4 Å². The number of aromatic nitrogens is 2. The van der Waals surface area contributed by atoms with Crippen LogP contribution in [0, 0.1) is 0 Å². The maximum atomic E-state index is 12.2. The highest BCUT2D eigenvalue weighted by Crippen LogP contribution is 2.13. The molecule has 0 aliphatic carbocycles. The second-order valence-corrected chi connectivity index (χ2v) is 3.96. The maximum absolute atomic E-state index is 12.2. The van der Waals surface area contributed by atoms with Gasteiger partial charge >= 0.3 is 0 Å². The first-order valence-corrected chi connectivity index (χ1v) is 5.90. The molecule has 1 aromatic rings. The number of aliphatic hydroxyl groups excluding tert-OH is 1. The van der Waals surface area contributed by atoms with E-state index in [9.17, 15) is 4.79 Å². The Labute approximate surface area is 105 Å². The predicted molar refractivity (Wildman–Crippen MR) is 67.2 cm³/mol. The molecule has 0 spiro atoms. The van der Waals surface area contributed by atoms with Gasteiger partial charge in [-0.3, -0.25) is 4.79 Å². The Balaban J connectivity index is 2.09. The summed E-state index contributed by atoms with van der Waals surface area (Å²) in [5, 5.41) is 12.1. The van der Waals surface area contributed by atoms with Gasteiger partial charge in [-0.05, 0) is 6.92 Å². The van der Waals surface area contributed by atoms with E-state index in [1.807, 2.05) is 19.1 Å². The normalized spacial score (nSPS) is 18.1.